The van der Waals surface area contributed by atoms with Gasteiger partial charge in [0.1, 0.15) is 10.6 Å². The zero-order valence-electron chi connectivity index (χ0n) is 13.8. The largest absolute Gasteiger partial charge is 0.495 e. The van der Waals surface area contributed by atoms with Crippen LogP contribution in [0.25, 0.3) is 0 Å². The average molecular weight is 369 g/mol. The van der Waals surface area contributed by atoms with Gasteiger partial charge in [0.05, 0.1) is 19.3 Å². The maximum Gasteiger partial charge on any atom is 0.347 e. The number of nitrogens with zero attached hydrogens (tertiary/aromatic N) is 1. The van der Waals surface area contributed by atoms with Crippen LogP contribution in [0.1, 0.15) is 29.6 Å². The highest BCUT2D eigenvalue weighted by molar-refractivity contribution is 7.89. The van der Waals surface area contributed by atoms with Crippen molar-refractivity contribution in [3.63, 3.8) is 0 Å². The molecule has 2 saturated heterocycles. The van der Waals surface area contributed by atoms with E-state index in [1.807, 2.05) is 0 Å². The Morgan fingerprint density at radius 2 is 2.00 bits per heavy atom. The second kappa shape index (κ2) is 7.01. The predicted molar refractivity (Wildman–Crippen MR) is 85.8 cm³/mol. The molecule has 2 aliphatic heterocycles. The number of methoxy groups -OCH3 is 1. The molecule has 1 atom stereocenters. The molecule has 0 aromatic heterocycles. The van der Waals surface area contributed by atoms with Crippen molar-refractivity contribution in [3.05, 3.63) is 23.8 Å². The zero-order chi connectivity index (χ0) is 18.0. The molecule has 1 aromatic carbocycles. The standard InChI is InChI=1S/C16H19NO7S/c1-22-12-5-4-11(15(18)24-13-6-9-23-16(13)19)10-14(12)25(20,21)17-7-2-3-8-17/h4-5,10,13H,2-3,6-9H2,1H3. The Balaban J connectivity index is 1.89. The van der Waals surface area contributed by atoms with Gasteiger partial charge >= 0.3 is 11.9 Å². The van der Waals surface area contributed by atoms with Gasteiger partial charge < -0.3 is 14.2 Å². The molecule has 0 bridgehead atoms. The number of carbonyl (C=O) groups is 2. The van der Waals surface area contributed by atoms with Crippen LogP contribution in [0.5, 0.6) is 5.75 Å². The van der Waals surface area contributed by atoms with E-state index in [1.54, 1.807) is 0 Å². The van der Waals surface area contributed by atoms with Gasteiger partial charge in [-0.1, -0.05) is 0 Å². The maximum atomic E-state index is 12.8. The number of sulfonamides is 1. The van der Waals surface area contributed by atoms with Crippen molar-refractivity contribution in [2.24, 2.45) is 0 Å². The summed E-state index contributed by atoms with van der Waals surface area (Å²) in [5.41, 5.74) is 0.0401. The Bertz CT molecular complexity index is 784. The number of hydrogen-bond donors (Lipinski definition) is 0. The summed E-state index contributed by atoms with van der Waals surface area (Å²) in [6.45, 7) is 1.08. The van der Waals surface area contributed by atoms with E-state index >= 15 is 0 Å². The Morgan fingerprint density at radius 1 is 1.28 bits per heavy atom. The van der Waals surface area contributed by atoms with Gasteiger partial charge in [0.25, 0.3) is 0 Å². The molecule has 0 aliphatic carbocycles. The minimum Gasteiger partial charge on any atom is -0.495 e. The Morgan fingerprint density at radius 3 is 2.60 bits per heavy atom. The molecule has 8 nitrogen and oxygen atoms in total. The molecule has 0 N–H and O–H groups in total. The molecule has 9 heteroatoms. The molecular weight excluding hydrogens is 350 g/mol. The Labute approximate surface area is 145 Å². The number of ether oxygens (including phenoxy) is 3. The van der Waals surface area contributed by atoms with Crippen molar-refractivity contribution in [1.29, 1.82) is 0 Å². The third-order valence-electron chi connectivity index (χ3n) is 4.22. The zero-order valence-corrected chi connectivity index (χ0v) is 14.6. The third kappa shape index (κ3) is 3.47. The quantitative estimate of drug-likeness (QED) is 0.713. The predicted octanol–water partition coefficient (Wildman–Crippen LogP) is 0.952. The van der Waals surface area contributed by atoms with Crippen LogP contribution in [0.3, 0.4) is 0 Å². The summed E-state index contributed by atoms with van der Waals surface area (Å²) in [5, 5.41) is 0. The first-order chi connectivity index (χ1) is 11.9. The summed E-state index contributed by atoms with van der Waals surface area (Å²) >= 11 is 0. The lowest BCUT2D eigenvalue weighted by atomic mass is 10.2. The van der Waals surface area contributed by atoms with Gasteiger partial charge in [-0.05, 0) is 31.0 Å². The van der Waals surface area contributed by atoms with Crippen LogP contribution in [-0.4, -0.2) is 57.6 Å². The van der Waals surface area contributed by atoms with E-state index in [4.69, 9.17) is 14.2 Å². The summed E-state index contributed by atoms with van der Waals surface area (Å²) in [4.78, 5) is 23.6. The summed E-state index contributed by atoms with van der Waals surface area (Å²) in [5.74, 6) is -1.21. The van der Waals surface area contributed by atoms with E-state index < -0.39 is 28.1 Å². The number of benzene rings is 1. The fourth-order valence-electron chi connectivity index (χ4n) is 2.85. The van der Waals surface area contributed by atoms with Crippen molar-refractivity contribution < 1.29 is 32.2 Å². The highest BCUT2D eigenvalue weighted by atomic mass is 32.2. The Kier molecular flexibility index (Phi) is 4.96. The number of hydrogen-bond acceptors (Lipinski definition) is 7. The lowest BCUT2D eigenvalue weighted by molar-refractivity contribution is -0.145. The first-order valence-corrected chi connectivity index (χ1v) is 9.43. The number of cyclic esters (lactones) is 1. The molecule has 0 saturated carbocycles. The van der Waals surface area contributed by atoms with Gasteiger partial charge in [-0.3, -0.25) is 0 Å². The molecule has 1 unspecified atom stereocenters. The molecule has 2 heterocycles. The van der Waals surface area contributed by atoms with Gasteiger partial charge in [0.2, 0.25) is 16.1 Å². The van der Waals surface area contributed by atoms with Crippen LogP contribution < -0.4 is 4.74 Å². The van der Waals surface area contributed by atoms with Crippen LogP contribution in [0.15, 0.2) is 23.1 Å². The summed E-state index contributed by atoms with van der Waals surface area (Å²) in [6, 6.07) is 4.05. The minimum atomic E-state index is -3.77. The maximum absolute atomic E-state index is 12.8. The molecule has 3 rings (SSSR count). The molecule has 2 fully saturated rings. The van der Waals surface area contributed by atoms with Crippen molar-refractivity contribution >= 4 is 22.0 Å². The van der Waals surface area contributed by atoms with Crippen LogP contribution in [0.4, 0.5) is 0 Å². The van der Waals surface area contributed by atoms with Crippen molar-refractivity contribution in [2.75, 3.05) is 26.8 Å². The summed E-state index contributed by atoms with van der Waals surface area (Å²) in [6.07, 6.45) is 0.938. The second-order valence-electron chi connectivity index (χ2n) is 5.83. The number of rotatable bonds is 5. The average Bonchev–Trinajstić information content (AvgIpc) is 3.27. The highest BCUT2D eigenvalue weighted by Crippen LogP contribution is 2.30. The van der Waals surface area contributed by atoms with Crippen molar-refractivity contribution in [1.82, 2.24) is 4.31 Å². The minimum absolute atomic E-state index is 0.0401. The molecule has 1 aromatic rings. The monoisotopic (exact) mass is 369 g/mol. The fourth-order valence-corrected chi connectivity index (χ4v) is 4.55. The van der Waals surface area contributed by atoms with Gasteiger partial charge in [-0.15, -0.1) is 0 Å². The Hall–Kier alpha value is -2.13. The van der Waals surface area contributed by atoms with E-state index in [1.165, 1.54) is 29.6 Å². The van der Waals surface area contributed by atoms with Crippen LogP contribution in [-0.2, 0) is 24.3 Å². The van der Waals surface area contributed by atoms with E-state index in [9.17, 15) is 18.0 Å². The summed E-state index contributed by atoms with van der Waals surface area (Å²) < 4.78 is 42.0. The van der Waals surface area contributed by atoms with Crippen LogP contribution in [0, 0.1) is 0 Å². The van der Waals surface area contributed by atoms with Crippen molar-refractivity contribution in [3.8, 4) is 5.75 Å². The van der Waals surface area contributed by atoms with Crippen LogP contribution in [0.2, 0.25) is 0 Å². The third-order valence-corrected chi connectivity index (χ3v) is 6.14. The van der Waals surface area contributed by atoms with Gasteiger partial charge in [0.15, 0.2) is 0 Å². The van der Waals surface area contributed by atoms with E-state index in [-0.39, 0.29) is 22.8 Å². The molecule has 0 spiro atoms. The SMILES string of the molecule is COc1ccc(C(=O)OC2CCOC2=O)cc1S(=O)(=O)N1CCCC1. The van der Waals surface area contributed by atoms with E-state index in [0.717, 1.165) is 12.8 Å². The normalized spacial score (nSPS) is 21.2. The van der Waals surface area contributed by atoms with Gasteiger partial charge in [0, 0.05) is 19.5 Å². The van der Waals surface area contributed by atoms with E-state index in [2.05, 4.69) is 0 Å². The lowest BCUT2D eigenvalue weighted by Gasteiger charge is -2.18. The molecule has 2 aliphatic rings. The smallest absolute Gasteiger partial charge is 0.347 e. The van der Waals surface area contributed by atoms with Gasteiger partial charge in [-0.25, -0.2) is 18.0 Å². The van der Waals surface area contributed by atoms with Gasteiger partial charge in [-0.2, -0.15) is 4.31 Å². The summed E-state index contributed by atoms with van der Waals surface area (Å²) in [7, 11) is -2.40. The topological polar surface area (TPSA) is 99.2 Å². The fraction of sp³-hybridized carbons (Fsp3) is 0.500. The highest BCUT2D eigenvalue weighted by Gasteiger charge is 2.33. The van der Waals surface area contributed by atoms with Crippen molar-refractivity contribution in [2.45, 2.75) is 30.3 Å². The first kappa shape index (κ1) is 17.7. The molecule has 136 valence electrons. The lowest BCUT2D eigenvalue weighted by Crippen LogP contribution is -2.28. The molecule has 0 radical (unpaired) electrons. The first-order valence-electron chi connectivity index (χ1n) is 7.99. The number of carbonyl (C=O) groups excluding carboxylic acids is 2. The molecule has 0 amide bonds. The molecular formula is C16H19NO7S. The molecule has 25 heavy (non-hydrogen) atoms. The second-order valence-corrected chi connectivity index (χ2v) is 7.73. The van der Waals surface area contributed by atoms with Crippen LogP contribution >= 0.6 is 0 Å². The number of esters is 2. The van der Waals surface area contributed by atoms with E-state index in [0.29, 0.717) is 19.5 Å².